The molecule has 0 bridgehead atoms. The van der Waals surface area contributed by atoms with E-state index >= 15 is 0 Å². The molecule has 2 aromatic rings. The van der Waals surface area contributed by atoms with E-state index in [0.717, 1.165) is 25.8 Å². The Morgan fingerprint density at radius 2 is 1.53 bits per heavy atom. The summed E-state index contributed by atoms with van der Waals surface area (Å²) >= 11 is 0. The van der Waals surface area contributed by atoms with Crippen molar-refractivity contribution in [3.05, 3.63) is 47.5 Å². The smallest absolute Gasteiger partial charge is 0.00772 e. The van der Waals surface area contributed by atoms with Crippen molar-refractivity contribution in [1.82, 2.24) is 0 Å². The average Bonchev–Trinajstić information content (AvgIpc) is 2.39. The normalized spacial score (nSPS) is 10.9. The van der Waals surface area contributed by atoms with E-state index in [1.807, 2.05) is 0 Å². The van der Waals surface area contributed by atoms with Gasteiger partial charge in [-0.25, -0.2) is 0 Å². The Morgan fingerprint density at radius 1 is 0.882 bits per heavy atom. The molecule has 0 fully saturated rings. The topological polar surface area (TPSA) is 26.0 Å². The molecule has 0 aliphatic rings. The van der Waals surface area contributed by atoms with E-state index in [1.165, 1.54) is 28.3 Å². The van der Waals surface area contributed by atoms with Gasteiger partial charge in [-0.3, -0.25) is 0 Å². The molecule has 0 radical (unpaired) electrons. The van der Waals surface area contributed by atoms with Crippen LogP contribution in [-0.4, -0.2) is 6.54 Å². The quantitative estimate of drug-likeness (QED) is 0.775. The number of nitrogens with two attached hydrogens (primary N) is 1. The van der Waals surface area contributed by atoms with Crippen molar-refractivity contribution in [3.63, 3.8) is 0 Å². The van der Waals surface area contributed by atoms with E-state index in [1.54, 1.807) is 0 Å². The maximum absolute atomic E-state index is 5.55. The number of aryl methyl sites for hydroxylation is 2. The summed E-state index contributed by atoms with van der Waals surface area (Å²) in [5.41, 5.74) is 8.46. The van der Waals surface area contributed by atoms with Crippen molar-refractivity contribution in [2.24, 2.45) is 5.73 Å². The monoisotopic (exact) mass is 227 g/mol. The van der Waals surface area contributed by atoms with Gasteiger partial charge in [-0.05, 0) is 54.1 Å². The molecule has 1 nitrogen and oxygen atoms in total. The molecule has 0 heterocycles. The Balaban J connectivity index is 2.37. The van der Waals surface area contributed by atoms with Crippen molar-refractivity contribution in [2.75, 3.05) is 6.54 Å². The molecule has 17 heavy (non-hydrogen) atoms. The first kappa shape index (κ1) is 12.1. The van der Waals surface area contributed by atoms with Crippen LogP contribution in [0.2, 0.25) is 0 Å². The SMILES string of the molecule is CCc1ccc(CCCCN)c2ccccc12. The van der Waals surface area contributed by atoms with E-state index < -0.39 is 0 Å². The van der Waals surface area contributed by atoms with Crippen LogP contribution in [0.15, 0.2) is 36.4 Å². The molecule has 0 saturated carbocycles. The Kier molecular flexibility index (Phi) is 4.16. The molecule has 90 valence electrons. The second kappa shape index (κ2) is 5.83. The van der Waals surface area contributed by atoms with Crippen LogP contribution in [0.1, 0.15) is 30.9 Å². The first-order chi connectivity index (χ1) is 8.36. The van der Waals surface area contributed by atoms with Crippen LogP contribution < -0.4 is 5.73 Å². The largest absolute Gasteiger partial charge is 0.330 e. The van der Waals surface area contributed by atoms with Gasteiger partial charge in [0, 0.05) is 0 Å². The van der Waals surface area contributed by atoms with Crippen LogP contribution in [-0.2, 0) is 12.8 Å². The number of hydrogen-bond donors (Lipinski definition) is 1. The molecule has 0 unspecified atom stereocenters. The molecule has 0 saturated heterocycles. The van der Waals surface area contributed by atoms with Crippen molar-refractivity contribution in [2.45, 2.75) is 32.6 Å². The predicted octanol–water partition coefficient (Wildman–Crippen LogP) is 3.68. The first-order valence-electron chi connectivity index (χ1n) is 6.56. The van der Waals surface area contributed by atoms with E-state index in [9.17, 15) is 0 Å². The van der Waals surface area contributed by atoms with Gasteiger partial charge in [-0.15, -0.1) is 0 Å². The van der Waals surface area contributed by atoms with Gasteiger partial charge in [0.2, 0.25) is 0 Å². The molecule has 2 N–H and O–H groups in total. The molecule has 0 aliphatic heterocycles. The lowest BCUT2D eigenvalue weighted by atomic mass is 9.95. The third kappa shape index (κ3) is 2.67. The van der Waals surface area contributed by atoms with Crippen LogP contribution >= 0.6 is 0 Å². The van der Waals surface area contributed by atoms with Crippen molar-refractivity contribution >= 4 is 10.8 Å². The summed E-state index contributed by atoms with van der Waals surface area (Å²) in [6.45, 7) is 3.01. The van der Waals surface area contributed by atoms with Crippen LogP contribution in [0.4, 0.5) is 0 Å². The van der Waals surface area contributed by atoms with Gasteiger partial charge in [-0.1, -0.05) is 43.3 Å². The van der Waals surface area contributed by atoms with Gasteiger partial charge in [0.25, 0.3) is 0 Å². The van der Waals surface area contributed by atoms with E-state index in [0.29, 0.717) is 0 Å². The third-order valence-electron chi connectivity index (χ3n) is 3.39. The minimum atomic E-state index is 0.797. The molecular weight excluding hydrogens is 206 g/mol. The average molecular weight is 227 g/mol. The summed E-state index contributed by atoms with van der Waals surface area (Å²) in [6.07, 6.45) is 4.54. The Bertz CT molecular complexity index is 488. The van der Waals surface area contributed by atoms with Crippen molar-refractivity contribution < 1.29 is 0 Å². The summed E-state index contributed by atoms with van der Waals surface area (Å²) in [5.74, 6) is 0. The zero-order valence-electron chi connectivity index (χ0n) is 10.6. The van der Waals surface area contributed by atoms with E-state index in [2.05, 4.69) is 43.3 Å². The molecular formula is C16H21N. The summed E-state index contributed by atoms with van der Waals surface area (Å²) < 4.78 is 0. The van der Waals surface area contributed by atoms with Gasteiger partial charge in [0.15, 0.2) is 0 Å². The van der Waals surface area contributed by atoms with Crippen molar-refractivity contribution in [1.29, 1.82) is 0 Å². The van der Waals surface area contributed by atoms with E-state index in [4.69, 9.17) is 5.73 Å². The molecule has 0 spiro atoms. The summed E-state index contributed by atoms with van der Waals surface area (Å²) in [5, 5.41) is 2.84. The van der Waals surface area contributed by atoms with Crippen LogP contribution in [0.25, 0.3) is 10.8 Å². The van der Waals surface area contributed by atoms with Crippen LogP contribution in [0.5, 0.6) is 0 Å². The molecule has 1 heteroatoms. The fourth-order valence-electron chi connectivity index (χ4n) is 2.41. The minimum absolute atomic E-state index is 0.797. The zero-order valence-corrected chi connectivity index (χ0v) is 10.6. The molecule has 0 amide bonds. The Labute approximate surface area is 104 Å². The summed E-state index contributed by atoms with van der Waals surface area (Å²) in [7, 11) is 0. The van der Waals surface area contributed by atoms with Crippen molar-refractivity contribution in [3.8, 4) is 0 Å². The highest BCUT2D eigenvalue weighted by Gasteiger charge is 2.04. The minimum Gasteiger partial charge on any atom is -0.330 e. The molecule has 0 atom stereocenters. The number of unbranched alkanes of at least 4 members (excludes halogenated alkanes) is 1. The van der Waals surface area contributed by atoms with Gasteiger partial charge in [-0.2, -0.15) is 0 Å². The molecule has 0 aromatic heterocycles. The highest BCUT2D eigenvalue weighted by molar-refractivity contribution is 5.88. The number of rotatable bonds is 5. The maximum Gasteiger partial charge on any atom is -0.00772 e. The lowest BCUT2D eigenvalue weighted by molar-refractivity contribution is 0.747. The Morgan fingerprint density at radius 3 is 2.18 bits per heavy atom. The summed E-state index contributed by atoms with van der Waals surface area (Å²) in [6, 6.07) is 13.3. The predicted molar refractivity (Wildman–Crippen MR) is 75.3 cm³/mol. The maximum atomic E-state index is 5.55. The van der Waals surface area contributed by atoms with Gasteiger partial charge in [0.05, 0.1) is 0 Å². The molecule has 2 rings (SSSR count). The Hall–Kier alpha value is -1.34. The zero-order chi connectivity index (χ0) is 12.1. The third-order valence-corrected chi connectivity index (χ3v) is 3.39. The second-order valence-corrected chi connectivity index (χ2v) is 4.53. The molecule has 0 aliphatic carbocycles. The van der Waals surface area contributed by atoms with E-state index in [-0.39, 0.29) is 0 Å². The van der Waals surface area contributed by atoms with Crippen LogP contribution in [0, 0.1) is 0 Å². The highest BCUT2D eigenvalue weighted by Crippen LogP contribution is 2.24. The lowest BCUT2D eigenvalue weighted by Crippen LogP contribution is -1.99. The van der Waals surface area contributed by atoms with Gasteiger partial charge < -0.3 is 5.73 Å². The first-order valence-corrected chi connectivity index (χ1v) is 6.56. The molecule has 2 aromatic carbocycles. The fourth-order valence-corrected chi connectivity index (χ4v) is 2.41. The standard InChI is InChI=1S/C16H21N/c1-2-13-10-11-14(7-5-6-12-17)16-9-4-3-8-15(13)16/h3-4,8-11H,2,5-7,12,17H2,1H3. The second-order valence-electron chi connectivity index (χ2n) is 4.53. The summed E-state index contributed by atoms with van der Waals surface area (Å²) in [4.78, 5) is 0. The van der Waals surface area contributed by atoms with Gasteiger partial charge in [0.1, 0.15) is 0 Å². The lowest BCUT2D eigenvalue weighted by Gasteiger charge is -2.10. The number of benzene rings is 2. The number of hydrogen-bond acceptors (Lipinski definition) is 1. The van der Waals surface area contributed by atoms with Crippen LogP contribution in [0.3, 0.4) is 0 Å². The number of fused-ring (bicyclic) bond motifs is 1. The highest BCUT2D eigenvalue weighted by atomic mass is 14.5. The fraction of sp³-hybridized carbons (Fsp3) is 0.375. The van der Waals surface area contributed by atoms with Gasteiger partial charge >= 0.3 is 0 Å².